The molecule has 0 bridgehead atoms. The number of aliphatic hydroxyl groups excluding tert-OH is 2. The third kappa shape index (κ3) is 49.7. The van der Waals surface area contributed by atoms with E-state index in [0.29, 0.717) is 19.3 Å². The van der Waals surface area contributed by atoms with Crippen molar-refractivity contribution in [1.29, 1.82) is 0 Å². The summed E-state index contributed by atoms with van der Waals surface area (Å²) < 4.78 is 5.95. The van der Waals surface area contributed by atoms with Gasteiger partial charge in [0.15, 0.2) is 0 Å². The molecule has 0 aromatic carbocycles. The first-order valence-electron chi connectivity index (χ1n) is 29.2. The molecule has 0 saturated carbocycles. The summed E-state index contributed by atoms with van der Waals surface area (Å²) in [4.78, 5) is 26.3. The van der Waals surface area contributed by atoms with Crippen LogP contribution in [0.2, 0.25) is 0 Å². The zero-order valence-corrected chi connectivity index (χ0v) is 45.0. The molecular formula is C62H111NO5. The Kier molecular flexibility index (Phi) is 53.0. The monoisotopic (exact) mass is 950 g/mol. The van der Waals surface area contributed by atoms with Crippen molar-refractivity contribution in [2.75, 3.05) is 6.61 Å². The molecule has 0 aliphatic rings. The average Bonchev–Trinajstić information content (AvgIpc) is 3.33. The zero-order chi connectivity index (χ0) is 49.5. The second kappa shape index (κ2) is 55.2. The van der Waals surface area contributed by atoms with E-state index in [0.717, 1.165) is 103 Å². The maximum absolute atomic E-state index is 13.3. The fourth-order valence-corrected chi connectivity index (χ4v) is 8.63. The van der Waals surface area contributed by atoms with Gasteiger partial charge in [0.05, 0.1) is 25.2 Å². The maximum atomic E-state index is 13.3. The average molecular weight is 951 g/mol. The molecule has 0 aliphatic heterocycles. The largest absolute Gasteiger partial charge is 0.462 e. The van der Waals surface area contributed by atoms with Crippen LogP contribution in [-0.2, 0) is 14.3 Å². The predicted molar refractivity (Wildman–Crippen MR) is 296 cm³/mol. The standard InChI is InChI=1S/C62H111NO5/c1-4-7-10-13-16-19-22-25-28-29-30-31-34-37-40-43-46-49-52-55-62(67)68-58(53-50-47-44-41-38-35-32-26-23-20-17-14-11-8-5-2)56-61(66)63-59(57-64)60(65)54-51-48-45-42-39-36-33-27-24-21-18-15-12-9-6-3/h7,10,16,19,25-26,28,30-32,37,40,58-60,64-65H,4-6,8-9,11-15,17-18,20-24,27,29,33-36,38-39,41-57H2,1-3H3,(H,63,66)/b10-7-,19-16-,28-25-,31-30-,32-26+,40-37-. The molecular weight excluding hydrogens is 839 g/mol. The summed E-state index contributed by atoms with van der Waals surface area (Å²) in [7, 11) is 0. The van der Waals surface area contributed by atoms with Crippen LogP contribution in [0.5, 0.6) is 0 Å². The molecule has 6 heteroatoms. The molecule has 0 rings (SSSR count). The Morgan fingerprint density at radius 2 is 0.794 bits per heavy atom. The van der Waals surface area contributed by atoms with E-state index < -0.39 is 18.2 Å². The van der Waals surface area contributed by atoms with Gasteiger partial charge in [0.1, 0.15) is 6.10 Å². The van der Waals surface area contributed by atoms with Gasteiger partial charge in [-0.3, -0.25) is 9.59 Å². The Hall–Kier alpha value is -2.70. The van der Waals surface area contributed by atoms with Crippen LogP contribution >= 0.6 is 0 Å². The summed E-state index contributed by atoms with van der Waals surface area (Å²) in [5.74, 6) is -0.514. The first kappa shape index (κ1) is 65.3. The highest BCUT2D eigenvalue weighted by Crippen LogP contribution is 2.18. The SMILES string of the molecule is CC/C=C\C/C=C\C/C=C\C/C=C\C/C=C\CCCCCC(=O)OC(CCCCCCC/C=C/CCCCCCCC)CC(=O)NC(CO)C(O)CCCCCCCCCCCCCCCCC. The summed E-state index contributed by atoms with van der Waals surface area (Å²) >= 11 is 0. The minimum atomic E-state index is -0.799. The van der Waals surface area contributed by atoms with Crippen molar-refractivity contribution in [3.05, 3.63) is 72.9 Å². The summed E-state index contributed by atoms with van der Waals surface area (Å²) in [6.45, 7) is 6.38. The lowest BCUT2D eigenvalue weighted by atomic mass is 10.0. The maximum Gasteiger partial charge on any atom is 0.306 e. The number of aliphatic hydroxyl groups is 2. The Morgan fingerprint density at radius 1 is 0.441 bits per heavy atom. The molecule has 0 heterocycles. The van der Waals surface area contributed by atoms with Crippen molar-refractivity contribution in [2.24, 2.45) is 0 Å². The lowest BCUT2D eigenvalue weighted by Crippen LogP contribution is -2.46. The Balaban J connectivity index is 4.62. The van der Waals surface area contributed by atoms with E-state index >= 15 is 0 Å². The molecule has 1 amide bonds. The van der Waals surface area contributed by atoms with Gasteiger partial charge in [-0.25, -0.2) is 0 Å². The van der Waals surface area contributed by atoms with Crippen molar-refractivity contribution in [3.63, 3.8) is 0 Å². The molecule has 0 saturated heterocycles. The third-order valence-electron chi connectivity index (χ3n) is 13.0. The smallest absolute Gasteiger partial charge is 0.306 e. The minimum Gasteiger partial charge on any atom is -0.462 e. The number of carbonyl (C=O) groups excluding carboxylic acids is 2. The third-order valence-corrected chi connectivity index (χ3v) is 13.0. The normalized spacial score (nSPS) is 13.7. The van der Waals surface area contributed by atoms with Gasteiger partial charge in [-0.1, -0.05) is 248 Å². The van der Waals surface area contributed by atoms with Gasteiger partial charge < -0.3 is 20.3 Å². The van der Waals surface area contributed by atoms with Gasteiger partial charge in [0, 0.05) is 6.42 Å². The van der Waals surface area contributed by atoms with Crippen LogP contribution < -0.4 is 5.32 Å². The summed E-state index contributed by atoms with van der Waals surface area (Å²) in [5.41, 5.74) is 0. The summed E-state index contributed by atoms with van der Waals surface area (Å²) in [6.07, 6.45) is 71.1. The van der Waals surface area contributed by atoms with Crippen molar-refractivity contribution in [2.45, 2.75) is 302 Å². The van der Waals surface area contributed by atoms with Gasteiger partial charge in [-0.2, -0.15) is 0 Å². The van der Waals surface area contributed by atoms with Crippen LogP contribution in [0.4, 0.5) is 0 Å². The molecule has 6 nitrogen and oxygen atoms in total. The summed E-state index contributed by atoms with van der Waals surface area (Å²) in [6, 6.07) is -0.715. The summed E-state index contributed by atoms with van der Waals surface area (Å²) in [5, 5.41) is 23.9. The van der Waals surface area contributed by atoms with Crippen molar-refractivity contribution in [1.82, 2.24) is 5.32 Å². The first-order chi connectivity index (χ1) is 33.5. The van der Waals surface area contributed by atoms with Crippen molar-refractivity contribution >= 4 is 11.9 Å². The van der Waals surface area contributed by atoms with Crippen LogP contribution in [0, 0.1) is 0 Å². The number of nitrogens with one attached hydrogen (secondary N) is 1. The lowest BCUT2D eigenvalue weighted by Gasteiger charge is -2.24. The Labute approximate surface area is 421 Å². The first-order valence-corrected chi connectivity index (χ1v) is 29.2. The van der Waals surface area contributed by atoms with E-state index in [2.05, 4.69) is 99.0 Å². The number of esters is 1. The van der Waals surface area contributed by atoms with E-state index in [-0.39, 0.29) is 24.9 Å². The predicted octanol–water partition coefficient (Wildman–Crippen LogP) is 18.1. The fourth-order valence-electron chi connectivity index (χ4n) is 8.63. The van der Waals surface area contributed by atoms with Gasteiger partial charge in [0.2, 0.25) is 5.91 Å². The van der Waals surface area contributed by atoms with Crippen LogP contribution in [0.15, 0.2) is 72.9 Å². The van der Waals surface area contributed by atoms with Crippen LogP contribution in [0.3, 0.4) is 0 Å². The Morgan fingerprint density at radius 3 is 1.22 bits per heavy atom. The van der Waals surface area contributed by atoms with E-state index in [1.807, 2.05) is 0 Å². The molecule has 0 aromatic heterocycles. The number of amides is 1. The van der Waals surface area contributed by atoms with E-state index in [4.69, 9.17) is 4.74 Å². The number of allylic oxidation sites excluding steroid dienone is 12. The van der Waals surface area contributed by atoms with Crippen LogP contribution in [0.1, 0.15) is 284 Å². The highest BCUT2D eigenvalue weighted by atomic mass is 16.5. The van der Waals surface area contributed by atoms with Crippen LogP contribution in [-0.4, -0.2) is 46.9 Å². The number of hydrogen-bond donors (Lipinski definition) is 3. The topological polar surface area (TPSA) is 95.9 Å². The van der Waals surface area contributed by atoms with Gasteiger partial charge in [-0.15, -0.1) is 0 Å². The van der Waals surface area contributed by atoms with E-state index in [1.165, 1.54) is 135 Å². The molecule has 0 aromatic rings. The number of rotatable bonds is 52. The van der Waals surface area contributed by atoms with Crippen LogP contribution in [0.25, 0.3) is 0 Å². The van der Waals surface area contributed by atoms with E-state index in [1.54, 1.807) is 0 Å². The van der Waals surface area contributed by atoms with Gasteiger partial charge >= 0.3 is 5.97 Å². The highest BCUT2D eigenvalue weighted by Gasteiger charge is 2.24. The van der Waals surface area contributed by atoms with Gasteiger partial charge in [0.25, 0.3) is 0 Å². The fraction of sp³-hybridized carbons (Fsp3) is 0.774. The quantitative estimate of drug-likeness (QED) is 0.0321. The highest BCUT2D eigenvalue weighted by molar-refractivity contribution is 5.77. The number of unbranched alkanes of at least 4 members (excludes halogenated alkanes) is 28. The molecule has 3 unspecified atom stereocenters. The molecule has 394 valence electrons. The molecule has 0 fully saturated rings. The van der Waals surface area contributed by atoms with E-state index in [9.17, 15) is 19.8 Å². The molecule has 0 radical (unpaired) electrons. The second-order valence-corrected chi connectivity index (χ2v) is 19.7. The number of ether oxygens (including phenoxy) is 1. The van der Waals surface area contributed by atoms with Crippen molar-refractivity contribution < 1.29 is 24.5 Å². The van der Waals surface area contributed by atoms with Gasteiger partial charge in [-0.05, 0) is 96.3 Å². The molecule has 68 heavy (non-hydrogen) atoms. The number of hydrogen-bond acceptors (Lipinski definition) is 5. The van der Waals surface area contributed by atoms with Crippen molar-refractivity contribution in [3.8, 4) is 0 Å². The molecule has 0 aliphatic carbocycles. The molecule has 3 atom stereocenters. The lowest BCUT2D eigenvalue weighted by molar-refractivity contribution is -0.151. The zero-order valence-electron chi connectivity index (χ0n) is 45.0. The second-order valence-electron chi connectivity index (χ2n) is 19.7. The Bertz CT molecular complexity index is 1250. The molecule has 0 spiro atoms. The number of carbonyl (C=O) groups is 2. The minimum absolute atomic E-state index is 0.0569. The molecule has 3 N–H and O–H groups in total.